The predicted octanol–water partition coefficient (Wildman–Crippen LogP) is 2.45. The molecule has 1 aromatic carbocycles. The second kappa shape index (κ2) is 8.29. The van der Waals surface area contributed by atoms with Crippen molar-refractivity contribution < 1.29 is 22.7 Å². The Bertz CT molecular complexity index is 565. The zero-order chi connectivity index (χ0) is 16.8. The molecule has 1 rings (SSSR count). The zero-order valence-corrected chi connectivity index (χ0v) is 14.3. The highest BCUT2D eigenvalue weighted by molar-refractivity contribution is 7.92. The summed E-state index contributed by atoms with van der Waals surface area (Å²) in [6, 6.07) is 7.96. The van der Waals surface area contributed by atoms with E-state index in [2.05, 4.69) is 0 Å². The van der Waals surface area contributed by atoms with Crippen LogP contribution in [0.1, 0.15) is 27.2 Å². The largest absolute Gasteiger partial charge is 0.465 e. The van der Waals surface area contributed by atoms with Crippen molar-refractivity contribution >= 4 is 15.8 Å². The lowest BCUT2D eigenvalue weighted by molar-refractivity contribution is -0.143. The number of rotatable bonds is 8. The van der Waals surface area contributed by atoms with Crippen molar-refractivity contribution in [3.8, 4) is 0 Å². The highest BCUT2D eigenvalue weighted by Crippen LogP contribution is 2.24. The summed E-state index contributed by atoms with van der Waals surface area (Å²) in [6.45, 7) is 5.64. The van der Waals surface area contributed by atoms with Crippen LogP contribution in [-0.2, 0) is 24.1 Å². The molecule has 6 heteroatoms. The summed E-state index contributed by atoms with van der Waals surface area (Å²) in [7, 11) is -2.30. The van der Waals surface area contributed by atoms with E-state index in [0.717, 1.165) is 0 Å². The summed E-state index contributed by atoms with van der Waals surface area (Å²) >= 11 is 0. The standard InChI is InChI=1S/C16H24O5S/c1-5-21-16(17)15(11-14(20-4)12(2)3)22(18,19)13-9-7-6-8-10-13/h6-10,12,14-15H,5,11H2,1-4H3. The molecule has 22 heavy (non-hydrogen) atoms. The molecular weight excluding hydrogens is 304 g/mol. The first kappa shape index (κ1) is 18.6. The van der Waals surface area contributed by atoms with Crippen molar-refractivity contribution in [2.75, 3.05) is 13.7 Å². The molecular formula is C16H24O5S. The molecule has 1 aromatic rings. The van der Waals surface area contributed by atoms with Crippen LogP contribution < -0.4 is 0 Å². The van der Waals surface area contributed by atoms with Gasteiger partial charge in [0.05, 0.1) is 17.6 Å². The summed E-state index contributed by atoms with van der Waals surface area (Å²) in [5.41, 5.74) is 0. The van der Waals surface area contributed by atoms with Crippen LogP contribution in [0.15, 0.2) is 35.2 Å². The minimum absolute atomic E-state index is 0.0736. The fourth-order valence-electron chi connectivity index (χ4n) is 2.21. The minimum atomic E-state index is -3.82. The van der Waals surface area contributed by atoms with Gasteiger partial charge in [0.15, 0.2) is 15.1 Å². The zero-order valence-electron chi connectivity index (χ0n) is 13.5. The van der Waals surface area contributed by atoms with Gasteiger partial charge in [0.1, 0.15) is 0 Å². The SMILES string of the molecule is CCOC(=O)C(CC(OC)C(C)C)S(=O)(=O)c1ccccc1. The van der Waals surface area contributed by atoms with E-state index in [1.165, 1.54) is 19.2 Å². The van der Waals surface area contributed by atoms with E-state index in [-0.39, 0.29) is 29.9 Å². The molecule has 0 saturated carbocycles. The molecule has 124 valence electrons. The van der Waals surface area contributed by atoms with Gasteiger partial charge in [-0.3, -0.25) is 4.79 Å². The third-order valence-electron chi connectivity index (χ3n) is 3.49. The molecule has 0 spiro atoms. The summed E-state index contributed by atoms with van der Waals surface area (Å²) in [5.74, 6) is -0.637. The molecule has 0 aliphatic heterocycles. The van der Waals surface area contributed by atoms with Crippen molar-refractivity contribution in [2.24, 2.45) is 5.92 Å². The van der Waals surface area contributed by atoms with E-state index in [9.17, 15) is 13.2 Å². The molecule has 2 atom stereocenters. The molecule has 0 aromatic heterocycles. The van der Waals surface area contributed by atoms with Crippen molar-refractivity contribution in [3.05, 3.63) is 30.3 Å². The first-order valence-corrected chi connectivity index (χ1v) is 8.87. The van der Waals surface area contributed by atoms with E-state index in [0.29, 0.717) is 0 Å². The van der Waals surface area contributed by atoms with Gasteiger partial charge in [-0.1, -0.05) is 32.0 Å². The molecule has 0 aliphatic rings. The van der Waals surface area contributed by atoms with Gasteiger partial charge < -0.3 is 9.47 Å². The maximum atomic E-state index is 12.8. The summed E-state index contributed by atoms with van der Waals surface area (Å²) < 4.78 is 35.8. The van der Waals surface area contributed by atoms with Crippen LogP contribution >= 0.6 is 0 Å². The Morgan fingerprint density at radius 2 is 1.77 bits per heavy atom. The maximum Gasteiger partial charge on any atom is 0.324 e. The van der Waals surface area contributed by atoms with E-state index in [1.807, 2.05) is 13.8 Å². The van der Waals surface area contributed by atoms with Crippen molar-refractivity contribution in [2.45, 2.75) is 43.4 Å². The van der Waals surface area contributed by atoms with Gasteiger partial charge in [-0.25, -0.2) is 8.42 Å². The number of hydrogen-bond acceptors (Lipinski definition) is 5. The monoisotopic (exact) mass is 328 g/mol. The lowest BCUT2D eigenvalue weighted by Crippen LogP contribution is -2.37. The number of methoxy groups -OCH3 is 1. The molecule has 0 bridgehead atoms. The number of esters is 1. The molecule has 0 N–H and O–H groups in total. The number of sulfone groups is 1. The number of carbonyl (C=O) groups excluding carboxylic acids is 1. The van der Waals surface area contributed by atoms with Crippen LogP contribution in [0.2, 0.25) is 0 Å². The number of ether oxygens (including phenoxy) is 2. The fourth-order valence-corrected chi connectivity index (χ4v) is 3.84. The van der Waals surface area contributed by atoms with Crippen LogP contribution in [0.25, 0.3) is 0 Å². The molecule has 5 nitrogen and oxygen atoms in total. The highest BCUT2D eigenvalue weighted by atomic mass is 32.2. The Hall–Kier alpha value is -1.40. The second-order valence-electron chi connectivity index (χ2n) is 5.35. The summed E-state index contributed by atoms with van der Waals surface area (Å²) in [4.78, 5) is 12.3. The Morgan fingerprint density at radius 1 is 1.18 bits per heavy atom. The Labute approximate surface area is 132 Å². The van der Waals surface area contributed by atoms with Gasteiger partial charge >= 0.3 is 5.97 Å². The topological polar surface area (TPSA) is 69.7 Å². The van der Waals surface area contributed by atoms with Crippen LogP contribution in [-0.4, -0.2) is 39.5 Å². The van der Waals surface area contributed by atoms with E-state index in [4.69, 9.17) is 9.47 Å². The average molecular weight is 328 g/mol. The molecule has 0 radical (unpaired) electrons. The minimum Gasteiger partial charge on any atom is -0.465 e. The number of benzene rings is 1. The van der Waals surface area contributed by atoms with E-state index in [1.54, 1.807) is 25.1 Å². The van der Waals surface area contributed by atoms with Gasteiger partial charge in [0, 0.05) is 13.5 Å². The van der Waals surface area contributed by atoms with Gasteiger partial charge in [-0.2, -0.15) is 0 Å². The maximum absolute atomic E-state index is 12.8. The predicted molar refractivity (Wildman–Crippen MR) is 84.3 cm³/mol. The van der Waals surface area contributed by atoms with Crippen LogP contribution in [0, 0.1) is 5.92 Å². The van der Waals surface area contributed by atoms with Crippen LogP contribution in [0.4, 0.5) is 0 Å². The molecule has 0 heterocycles. The van der Waals surface area contributed by atoms with Crippen LogP contribution in [0.3, 0.4) is 0 Å². The third kappa shape index (κ3) is 4.55. The smallest absolute Gasteiger partial charge is 0.324 e. The quantitative estimate of drug-likeness (QED) is 0.686. The second-order valence-corrected chi connectivity index (χ2v) is 7.48. The van der Waals surface area contributed by atoms with E-state index < -0.39 is 21.1 Å². The average Bonchev–Trinajstić information content (AvgIpc) is 2.48. The normalized spacial score (nSPS) is 14.6. The number of carbonyl (C=O) groups is 1. The molecule has 0 fully saturated rings. The molecule has 0 amide bonds. The third-order valence-corrected chi connectivity index (χ3v) is 5.55. The van der Waals surface area contributed by atoms with Gasteiger partial charge in [-0.05, 0) is 25.0 Å². The highest BCUT2D eigenvalue weighted by Gasteiger charge is 2.37. The van der Waals surface area contributed by atoms with Crippen molar-refractivity contribution in [1.29, 1.82) is 0 Å². The Kier molecular flexibility index (Phi) is 7.03. The summed E-state index contributed by atoms with van der Waals surface area (Å²) in [6.07, 6.45) is -0.266. The molecule has 0 aliphatic carbocycles. The van der Waals surface area contributed by atoms with Crippen LogP contribution in [0.5, 0.6) is 0 Å². The fraction of sp³-hybridized carbons (Fsp3) is 0.562. The lowest BCUT2D eigenvalue weighted by atomic mass is 10.0. The van der Waals surface area contributed by atoms with E-state index >= 15 is 0 Å². The Morgan fingerprint density at radius 3 is 2.23 bits per heavy atom. The molecule has 0 saturated heterocycles. The first-order chi connectivity index (χ1) is 10.3. The van der Waals surface area contributed by atoms with Gasteiger partial charge in [0.25, 0.3) is 0 Å². The van der Waals surface area contributed by atoms with Crippen molar-refractivity contribution in [1.82, 2.24) is 0 Å². The van der Waals surface area contributed by atoms with Crippen molar-refractivity contribution in [3.63, 3.8) is 0 Å². The van der Waals surface area contributed by atoms with Gasteiger partial charge in [-0.15, -0.1) is 0 Å². The first-order valence-electron chi connectivity index (χ1n) is 7.33. The number of hydrogen-bond donors (Lipinski definition) is 0. The Balaban J connectivity index is 3.17. The van der Waals surface area contributed by atoms with Gasteiger partial charge in [0.2, 0.25) is 0 Å². The lowest BCUT2D eigenvalue weighted by Gasteiger charge is -2.24. The summed E-state index contributed by atoms with van der Waals surface area (Å²) in [5, 5.41) is -1.26. The molecule has 2 unspecified atom stereocenters.